The predicted molar refractivity (Wildman–Crippen MR) is 96.1 cm³/mol. The molecular weight excluding hydrogens is 264 g/mol. The Morgan fingerprint density at radius 2 is 1.32 bits per heavy atom. The lowest BCUT2D eigenvalue weighted by Crippen LogP contribution is -1.95. The normalized spacial score (nSPS) is 10.9. The summed E-state index contributed by atoms with van der Waals surface area (Å²) in [6.07, 6.45) is 0. The van der Waals surface area contributed by atoms with Crippen molar-refractivity contribution < 1.29 is 0 Å². The lowest BCUT2D eigenvalue weighted by atomic mass is 9.88. The molecule has 0 heteroatoms. The number of rotatable bonds is 3. The summed E-state index contributed by atoms with van der Waals surface area (Å²) in [5, 5.41) is 0. The van der Waals surface area contributed by atoms with E-state index in [0.29, 0.717) is 5.92 Å². The Morgan fingerprint density at radius 3 is 2.00 bits per heavy atom. The van der Waals surface area contributed by atoms with Crippen LogP contribution in [0.1, 0.15) is 30.9 Å². The Hall–Kier alpha value is -2.34. The topological polar surface area (TPSA) is 0 Å². The van der Waals surface area contributed by atoms with E-state index in [1.54, 1.807) is 0 Å². The van der Waals surface area contributed by atoms with Crippen molar-refractivity contribution in [3.8, 4) is 22.3 Å². The molecule has 0 saturated carbocycles. The molecule has 0 saturated heterocycles. The van der Waals surface area contributed by atoms with E-state index in [0.717, 1.165) is 0 Å². The summed E-state index contributed by atoms with van der Waals surface area (Å²) in [4.78, 5) is 0. The van der Waals surface area contributed by atoms with Crippen LogP contribution in [0.3, 0.4) is 0 Å². The van der Waals surface area contributed by atoms with Crippen molar-refractivity contribution in [1.29, 1.82) is 0 Å². The third-order valence-electron chi connectivity index (χ3n) is 4.22. The lowest BCUT2D eigenvalue weighted by Gasteiger charge is -2.17. The van der Waals surface area contributed by atoms with E-state index in [1.165, 1.54) is 33.4 Å². The Balaban J connectivity index is 2.20. The van der Waals surface area contributed by atoms with E-state index in [-0.39, 0.29) is 0 Å². The highest BCUT2D eigenvalue weighted by molar-refractivity contribution is 5.77. The maximum atomic E-state index is 2.34. The molecule has 0 aromatic heterocycles. The summed E-state index contributed by atoms with van der Waals surface area (Å²) in [7, 11) is 0. The van der Waals surface area contributed by atoms with Crippen LogP contribution < -0.4 is 0 Å². The smallest absolute Gasteiger partial charge is 0.0140 e. The fourth-order valence-corrected chi connectivity index (χ4v) is 2.98. The van der Waals surface area contributed by atoms with Gasteiger partial charge in [-0.2, -0.15) is 0 Å². The summed E-state index contributed by atoms with van der Waals surface area (Å²) >= 11 is 0. The second-order valence-electron chi connectivity index (χ2n) is 6.14. The number of benzene rings is 3. The van der Waals surface area contributed by atoms with Gasteiger partial charge in [0.2, 0.25) is 0 Å². The van der Waals surface area contributed by atoms with Crippen LogP contribution in [-0.4, -0.2) is 0 Å². The molecule has 0 aliphatic carbocycles. The van der Waals surface area contributed by atoms with E-state index in [1.807, 2.05) is 0 Å². The molecule has 0 atom stereocenters. The average molecular weight is 286 g/mol. The van der Waals surface area contributed by atoms with Crippen molar-refractivity contribution in [1.82, 2.24) is 0 Å². The molecule has 0 spiro atoms. The minimum Gasteiger partial charge on any atom is -0.0622 e. The van der Waals surface area contributed by atoms with Gasteiger partial charge < -0.3 is 0 Å². The molecule has 110 valence electrons. The zero-order valence-corrected chi connectivity index (χ0v) is 13.5. The lowest BCUT2D eigenvalue weighted by molar-refractivity contribution is 0.869. The van der Waals surface area contributed by atoms with Crippen molar-refractivity contribution in [2.75, 3.05) is 0 Å². The third kappa shape index (κ3) is 2.82. The van der Waals surface area contributed by atoms with Crippen LogP contribution in [0.4, 0.5) is 0 Å². The van der Waals surface area contributed by atoms with Gasteiger partial charge in [-0.15, -0.1) is 0 Å². The van der Waals surface area contributed by atoms with Crippen molar-refractivity contribution in [3.63, 3.8) is 0 Å². The highest BCUT2D eigenvalue weighted by Gasteiger charge is 2.12. The van der Waals surface area contributed by atoms with Gasteiger partial charge >= 0.3 is 0 Å². The largest absolute Gasteiger partial charge is 0.0622 e. The third-order valence-corrected chi connectivity index (χ3v) is 4.22. The Morgan fingerprint density at radius 1 is 0.636 bits per heavy atom. The van der Waals surface area contributed by atoms with Crippen molar-refractivity contribution >= 4 is 0 Å². The van der Waals surface area contributed by atoms with E-state index >= 15 is 0 Å². The molecule has 0 nitrogen and oxygen atoms in total. The average Bonchev–Trinajstić information content (AvgIpc) is 2.55. The molecule has 0 N–H and O–H groups in total. The molecule has 0 heterocycles. The van der Waals surface area contributed by atoms with Gasteiger partial charge in [0.05, 0.1) is 0 Å². The predicted octanol–water partition coefficient (Wildman–Crippen LogP) is 6.45. The number of hydrogen-bond acceptors (Lipinski definition) is 0. The van der Waals surface area contributed by atoms with Gasteiger partial charge in [0.1, 0.15) is 0 Å². The molecule has 3 rings (SSSR count). The second-order valence-corrected chi connectivity index (χ2v) is 6.14. The van der Waals surface area contributed by atoms with E-state index < -0.39 is 0 Å². The molecule has 0 unspecified atom stereocenters. The first kappa shape index (κ1) is 14.6. The molecule has 0 bridgehead atoms. The van der Waals surface area contributed by atoms with Gasteiger partial charge in [-0.3, -0.25) is 0 Å². The summed E-state index contributed by atoms with van der Waals surface area (Å²) in [5.41, 5.74) is 7.98. The van der Waals surface area contributed by atoms with E-state index in [9.17, 15) is 0 Å². The minimum absolute atomic E-state index is 0.513. The van der Waals surface area contributed by atoms with Crippen LogP contribution in [0, 0.1) is 6.92 Å². The highest BCUT2D eigenvalue weighted by Crippen LogP contribution is 2.34. The maximum Gasteiger partial charge on any atom is -0.0140 e. The van der Waals surface area contributed by atoms with Gasteiger partial charge in [-0.1, -0.05) is 80.6 Å². The van der Waals surface area contributed by atoms with E-state index in [4.69, 9.17) is 0 Å². The number of hydrogen-bond donors (Lipinski definition) is 0. The molecule has 0 fully saturated rings. The molecule has 0 aliphatic heterocycles. The van der Waals surface area contributed by atoms with Gasteiger partial charge in [-0.25, -0.2) is 0 Å². The molecule has 0 radical (unpaired) electrons. The van der Waals surface area contributed by atoms with Gasteiger partial charge in [0.25, 0.3) is 0 Å². The molecule has 3 aromatic rings. The monoisotopic (exact) mass is 286 g/mol. The van der Waals surface area contributed by atoms with Crippen LogP contribution in [0.25, 0.3) is 22.3 Å². The van der Waals surface area contributed by atoms with Crippen molar-refractivity contribution in [2.45, 2.75) is 26.7 Å². The van der Waals surface area contributed by atoms with Gasteiger partial charge in [-0.05, 0) is 52.3 Å². The molecule has 0 aliphatic rings. The first-order valence-electron chi connectivity index (χ1n) is 7.92. The number of aryl methyl sites for hydroxylation is 1. The first-order chi connectivity index (χ1) is 10.7. The van der Waals surface area contributed by atoms with Crippen LogP contribution in [0.2, 0.25) is 0 Å². The summed E-state index contributed by atoms with van der Waals surface area (Å²) < 4.78 is 0. The summed E-state index contributed by atoms with van der Waals surface area (Å²) in [6, 6.07) is 26.1. The van der Waals surface area contributed by atoms with Crippen molar-refractivity contribution in [2.24, 2.45) is 0 Å². The van der Waals surface area contributed by atoms with Crippen LogP contribution >= 0.6 is 0 Å². The summed E-state index contributed by atoms with van der Waals surface area (Å²) in [6.45, 7) is 6.72. The molecule has 3 aromatic carbocycles. The van der Waals surface area contributed by atoms with Crippen LogP contribution in [-0.2, 0) is 0 Å². The Bertz CT molecular complexity index is 767. The fourth-order valence-electron chi connectivity index (χ4n) is 2.98. The van der Waals surface area contributed by atoms with Crippen molar-refractivity contribution in [3.05, 3.63) is 83.9 Å². The maximum absolute atomic E-state index is 2.34. The van der Waals surface area contributed by atoms with Crippen LogP contribution in [0.15, 0.2) is 72.8 Å². The minimum atomic E-state index is 0.513. The SMILES string of the molecule is Cc1ccccc1-c1cc(-c2ccccc2)ccc1C(C)C. The Labute approximate surface area is 133 Å². The van der Waals surface area contributed by atoms with E-state index in [2.05, 4.69) is 93.6 Å². The standard InChI is InChI=1S/C22H22/c1-16(2)20-14-13-19(18-10-5-4-6-11-18)15-22(20)21-12-8-7-9-17(21)3/h4-16H,1-3H3. The first-order valence-corrected chi connectivity index (χ1v) is 7.92. The zero-order valence-electron chi connectivity index (χ0n) is 13.5. The Kier molecular flexibility index (Phi) is 4.11. The second kappa shape index (κ2) is 6.19. The van der Waals surface area contributed by atoms with Gasteiger partial charge in [0, 0.05) is 0 Å². The quantitative estimate of drug-likeness (QED) is 0.519. The van der Waals surface area contributed by atoms with Crippen LogP contribution in [0.5, 0.6) is 0 Å². The summed E-state index contributed by atoms with van der Waals surface area (Å²) in [5.74, 6) is 0.513. The highest BCUT2D eigenvalue weighted by atomic mass is 14.2. The molecule has 22 heavy (non-hydrogen) atoms. The molecule has 0 amide bonds. The molecular formula is C22H22. The zero-order chi connectivity index (χ0) is 15.5. The fraction of sp³-hybridized carbons (Fsp3) is 0.182. The van der Waals surface area contributed by atoms with Gasteiger partial charge in [0.15, 0.2) is 0 Å².